The SMILES string of the molecule is Cn1cnnc1CC(=O)Nc1ccc2[nH]c(C(N)=O)cc2c1. The van der Waals surface area contributed by atoms with Crippen molar-refractivity contribution in [1.29, 1.82) is 0 Å². The van der Waals surface area contributed by atoms with Crippen molar-refractivity contribution in [3.8, 4) is 0 Å². The highest BCUT2D eigenvalue weighted by Gasteiger charge is 2.10. The van der Waals surface area contributed by atoms with E-state index in [9.17, 15) is 9.59 Å². The molecule has 2 heterocycles. The van der Waals surface area contributed by atoms with Crippen molar-refractivity contribution in [3.63, 3.8) is 0 Å². The van der Waals surface area contributed by atoms with Gasteiger partial charge in [0.1, 0.15) is 17.8 Å². The normalized spacial score (nSPS) is 10.8. The van der Waals surface area contributed by atoms with E-state index >= 15 is 0 Å². The molecule has 1 aromatic carbocycles. The number of aromatic amines is 1. The minimum atomic E-state index is -0.524. The molecule has 2 amide bonds. The van der Waals surface area contributed by atoms with Gasteiger partial charge < -0.3 is 20.6 Å². The van der Waals surface area contributed by atoms with Crippen LogP contribution in [0, 0.1) is 0 Å². The van der Waals surface area contributed by atoms with Gasteiger partial charge in [0.05, 0.1) is 6.42 Å². The van der Waals surface area contributed by atoms with Gasteiger partial charge in [0.15, 0.2) is 0 Å². The van der Waals surface area contributed by atoms with Crippen LogP contribution < -0.4 is 11.1 Å². The minimum absolute atomic E-state index is 0.133. The van der Waals surface area contributed by atoms with E-state index in [0.717, 1.165) is 10.9 Å². The third-order valence-corrected chi connectivity index (χ3v) is 3.29. The summed E-state index contributed by atoms with van der Waals surface area (Å²) < 4.78 is 1.69. The maximum absolute atomic E-state index is 12.0. The van der Waals surface area contributed by atoms with Crippen LogP contribution in [0.25, 0.3) is 10.9 Å². The maximum Gasteiger partial charge on any atom is 0.265 e. The smallest absolute Gasteiger partial charge is 0.265 e. The fraction of sp³-hybridized carbons (Fsp3) is 0.143. The van der Waals surface area contributed by atoms with Crippen molar-refractivity contribution in [2.24, 2.45) is 12.8 Å². The summed E-state index contributed by atoms with van der Waals surface area (Å²) in [5.41, 5.74) is 6.97. The highest BCUT2D eigenvalue weighted by atomic mass is 16.2. The van der Waals surface area contributed by atoms with E-state index in [1.165, 1.54) is 0 Å². The van der Waals surface area contributed by atoms with Crippen molar-refractivity contribution >= 4 is 28.4 Å². The van der Waals surface area contributed by atoms with Crippen LogP contribution in [0.5, 0.6) is 0 Å². The van der Waals surface area contributed by atoms with Crippen LogP contribution in [0.15, 0.2) is 30.6 Å². The first-order valence-electron chi connectivity index (χ1n) is 6.58. The number of hydrogen-bond donors (Lipinski definition) is 3. The molecule has 112 valence electrons. The fourth-order valence-corrected chi connectivity index (χ4v) is 2.16. The molecule has 4 N–H and O–H groups in total. The van der Waals surface area contributed by atoms with Gasteiger partial charge in [-0.25, -0.2) is 0 Å². The number of nitrogens with two attached hydrogens (primary N) is 1. The summed E-state index contributed by atoms with van der Waals surface area (Å²) in [6.07, 6.45) is 1.67. The van der Waals surface area contributed by atoms with Gasteiger partial charge in [0.2, 0.25) is 5.91 Å². The second kappa shape index (κ2) is 5.32. The van der Waals surface area contributed by atoms with E-state index in [2.05, 4.69) is 20.5 Å². The van der Waals surface area contributed by atoms with E-state index in [-0.39, 0.29) is 12.3 Å². The summed E-state index contributed by atoms with van der Waals surface area (Å²) in [4.78, 5) is 26.1. The van der Waals surface area contributed by atoms with Crippen LogP contribution in [0.1, 0.15) is 16.3 Å². The van der Waals surface area contributed by atoms with Crippen LogP contribution in [0.4, 0.5) is 5.69 Å². The second-order valence-corrected chi connectivity index (χ2v) is 4.93. The molecule has 0 aliphatic rings. The lowest BCUT2D eigenvalue weighted by Gasteiger charge is -2.05. The lowest BCUT2D eigenvalue weighted by atomic mass is 10.2. The van der Waals surface area contributed by atoms with E-state index in [1.54, 1.807) is 42.2 Å². The van der Waals surface area contributed by atoms with Gasteiger partial charge in [-0.2, -0.15) is 0 Å². The third-order valence-electron chi connectivity index (χ3n) is 3.29. The highest BCUT2D eigenvalue weighted by molar-refractivity contribution is 5.99. The average molecular weight is 298 g/mol. The quantitative estimate of drug-likeness (QED) is 0.652. The van der Waals surface area contributed by atoms with Gasteiger partial charge in [-0.05, 0) is 24.3 Å². The van der Waals surface area contributed by atoms with Gasteiger partial charge in [-0.1, -0.05) is 0 Å². The number of nitrogens with one attached hydrogen (secondary N) is 2. The Morgan fingerprint density at radius 1 is 1.36 bits per heavy atom. The Kier molecular flexibility index (Phi) is 3.34. The number of hydrogen-bond acceptors (Lipinski definition) is 4. The summed E-state index contributed by atoms with van der Waals surface area (Å²) in [6, 6.07) is 6.95. The minimum Gasteiger partial charge on any atom is -0.364 e. The zero-order valence-corrected chi connectivity index (χ0v) is 11.8. The Morgan fingerprint density at radius 3 is 2.86 bits per heavy atom. The van der Waals surface area contributed by atoms with Crippen molar-refractivity contribution in [1.82, 2.24) is 19.7 Å². The van der Waals surface area contributed by atoms with Crippen LogP contribution in [0.2, 0.25) is 0 Å². The lowest BCUT2D eigenvalue weighted by molar-refractivity contribution is -0.115. The molecule has 0 saturated heterocycles. The Hall–Kier alpha value is -3.16. The zero-order chi connectivity index (χ0) is 15.7. The lowest BCUT2D eigenvalue weighted by Crippen LogP contribution is -2.16. The predicted octanol–water partition coefficient (Wildman–Crippen LogP) is 0.576. The zero-order valence-electron chi connectivity index (χ0n) is 11.8. The van der Waals surface area contributed by atoms with Crippen molar-refractivity contribution in [3.05, 3.63) is 42.1 Å². The third kappa shape index (κ3) is 2.66. The van der Waals surface area contributed by atoms with Crippen LogP contribution in [-0.2, 0) is 18.3 Å². The average Bonchev–Trinajstić information content (AvgIpc) is 3.05. The summed E-state index contributed by atoms with van der Waals surface area (Å²) in [5, 5.41) is 11.2. The summed E-state index contributed by atoms with van der Waals surface area (Å²) >= 11 is 0. The van der Waals surface area contributed by atoms with Crippen LogP contribution in [-0.4, -0.2) is 31.6 Å². The number of amides is 2. The van der Waals surface area contributed by atoms with Crippen LogP contribution in [0.3, 0.4) is 0 Å². The molecular weight excluding hydrogens is 284 g/mol. The molecule has 0 spiro atoms. The number of carbonyl (C=O) groups is 2. The van der Waals surface area contributed by atoms with Gasteiger partial charge in [-0.15, -0.1) is 10.2 Å². The summed E-state index contributed by atoms with van der Waals surface area (Å²) in [6.45, 7) is 0. The standard InChI is InChI=1S/C14H14N6O2/c1-20-7-16-19-12(20)6-13(21)17-9-2-3-10-8(4-9)5-11(18-10)14(15)22/h2-5,7,18H,6H2,1H3,(H2,15,22)(H,17,21). The highest BCUT2D eigenvalue weighted by Crippen LogP contribution is 2.20. The maximum atomic E-state index is 12.0. The van der Waals surface area contributed by atoms with E-state index in [0.29, 0.717) is 17.2 Å². The summed E-state index contributed by atoms with van der Waals surface area (Å²) in [5.74, 6) is -0.138. The number of carbonyl (C=O) groups excluding carboxylic acids is 2. The Bertz CT molecular complexity index is 863. The molecule has 3 rings (SSSR count). The number of nitrogens with zero attached hydrogens (tertiary/aromatic N) is 3. The molecule has 3 aromatic rings. The molecule has 0 saturated carbocycles. The Balaban J connectivity index is 1.77. The second-order valence-electron chi connectivity index (χ2n) is 4.93. The molecule has 2 aromatic heterocycles. The molecule has 8 heteroatoms. The molecule has 0 bridgehead atoms. The van der Waals surface area contributed by atoms with Crippen molar-refractivity contribution in [2.75, 3.05) is 5.32 Å². The molecule has 0 unspecified atom stereocenters. The molecule has 0 atom stereocenters. The van der Waals surface area contributed by atoms with Gasteiger partial charge in [-0.3, -0.25) is 9.59 Å². The largest absolute Gasteiger partial charge is 0.364 e. The number of anilines is 1. The van der Waals surface area contributed by atoms with Gasteiger partial charge >= 0.3 is 0 Å². The first-order chi connectivity index (χ1) is 10.5. The number of primary amides is 1. The molecule has 0 radical (unpaired) electrons. The van der Waals surface area contributed by atoms with Crippen LogP contribution >= 0.6 is 0 Å². The van der Waals surface area contributed by atoms with Crippen molar-refractivity contribution < 1.29 is 9.59 Å². The summed E-state index contributed by atoms with van der Waals surface area (Å²) in [7, 11) is 1.78. The van der Waals surface area contributed by atoms with E-state index in [4.69, 9.17) is 5.73 Å². The van der Waals surface area contributed by atoms with E-state index < -0.39 is 5.91 Å². The predicted molar refractivity (Wildman–Crippen MR) is 80.2 cm³/mol. The van der Waals surface area contributed by atoms with Gasteiger partial charge in [0.25, 0.3) is 5.91 Å². The van der Waals surface area contributed by atoms with Gasteiger partial charge in [0, 0.05) is 23.6 Å². The fourth-order valence-electron chi connectivity index (χ4n) is 2.16. The molecule has 22 heavy (non-hydrogen) atoms. The molecule has 0 aliphatic heterocycles. The number of rotatable bonds is 4. The molecular formula is C14H14N6O2. The molecule has 0 aliphatic carbocycles. The number of fused-ring (bicyclic) bond motifs is 1. The Morgan fingerprint density at radius 2 is 2.18 bits per heavy atom. The Labute approximate surface area is 125 Å². The number of H-pyrrole nitrogens is 1. The van der Waals surface area contributed by atoms with Crippen molar-refractivity contribution in [2.45, 2.75) is 6.42 Å². The number of aryl methyl sites for hydroxylation is 1. The number of benzene rings is 1. The monoisotopic (exact) mass is 298 g/mol. The van der Waals surface area contributed by atoms with E-state index in [1.807, 2.05) is 0 Å². The first-order valence-corrected chi connectivity index (χ1v) is 6.58. The molecule has 8 nitrogen and oxygen atoms in total. The molecule has 0 fully saturated rings. The topological polar surface area (TPSA) is 119 Å². The first kappa shape index (κ1) is 13.8. The number of aromatic nitrogens is 4.